The maximum absolute atomic E-state index is 11.0. The average Bonchev–Trinajstić information content (AvgIpc) is 3.74. The van der Waals surface area contributed by atoms with E-state index in [4.69, 9.17) is 37.9 Å². The minimum absolute atomic E-state index is 0.00959. The van der Waals surface area contributed by atoms with Gasteiger partial charge in [0, 0.05) is 0 Å². The van der Waals surface area contributed by atoms with Gasteiger partial charge in [0.15, 0.2) is 46.0 Å². The molecule has 2 aliphatic heterocycles. The third kappa shape index (κ3) is 7.33. The van der Waals surface area contributed by atoms with Crippen LogP contribution in [0.15, 0.2) is 72.8 Å². The fraction of sp³-hybridized carbons (Fsp3) is 0.400. The number of phenolic OH excluding ortho intramolecular Hbond substituents is 1. The second-order valence-electron chi connectivity index (χ2n) is 13.1. The number of hydrogen-bond donors (Lipinski definition) is 3. The number of aromatic hydroxyl groups is 1. The first-order valence-electron chi connectivity index (χ1n) is 17.0. The van der Waals surface area contributed by atoms with E-state index in [1.165, 1.54) is 13.2 Å². The van der Waals surface area contributed by atoms with Crippen LogP contribution in [0.4, 0.5) is 0 Å². The van der Waals surface area contributed by atoms with Gasteiger partial charge in [-0.2, -0.15) is 0 Å². The van der Waals surface area contributed by atoms with Crippen molar-refractivity contribution in [1.82, 2.24) is 0 Å². The highest BCUT2D eigenvalue weighted by Gasteiger charge is 2.41. The van der Waals surface area contributed by atoms with Gasteiger partial charge in [-0.25, -0.2) is 0 Å². The molecule has 0 spiro atoms. The monoisotopic (exact) mass is 702 g/mol. The van der Waals surface area contributed by atoms with Crippen molar-refractivity contribution in [3.63, 3.8) is 0 Å². The molecule has 51 heavy (non-hydrogen) atoms. The molecule has 4 aromatic carbocycles. The van der Waals surface area contributed by atoms with Crippen molar-refractivity contribution in [1.29, 1.82) is 0 Å². The number of aliphatic hydroxyl groups excluding tert-OH is 2. The van der Waals surface area contributed by atoms with E-state index in [1.54, 1.807) is 58.4 Å². The molecule has 11 nitrogen and oxygen atoms in total. The second kappa shape index (κ2) is 15.2. The first-order valence-corrected chi connectivity index (χ1v) is 17.0. The molecule has 2 heterocycles. The predicted molar refractivity (Wildman–Crippen MR) is 188 cm³/mol. The lowest BCUT2D eigenvalue weighted by Crippen LogP contribution is -2.22. The van der Waals surface area contributed by atoms with Crippen molar-refractivity contribution in [2.24, 2.45) is 11.8 Å². The van der Waals surface area contributed by atoms with Gasteiger partial charge in [0.2, 0.25) is 6.79 Å². The number of benzene rings is 4. The van der Waals surface area contributed by atoms with E-state index in [9.17, 15) is 15.3 Å². The summed E-state index contributed by atoms with van der Waals surface area (Å²) >= 11 is 0. The number of rotatable bonds is 13. The Morgan fingerprint density at radius 3 is 1.61 bits per heavy atom. The number of aliphatic hydroxyl groups is 2. The summed E-state index contributed by atoms with van der Waals surface area (Å²) in [5.74, 6) is 3.87. The Kier molecular flexibility index (Phi) is 10.7. The fourth-order valence-electron chi connectivity index (χ4n) is 6.69. The second-order valence-corrected chi connectivity index (χ2v) is 13.1. The van der Waals surface area contributed by atoms with Crippen LogP contribution in [0.1, 0.15) is 74.4 Å². The highest BCUT2D eigenvalue weighted by molar-refractivity contribution is 5.48. The Bertz CT molecular complexity index is 1740. The minimum atomic E-state index is -0.985. The Morgan fingerprint density at radius 1 is 0.588 bits per heavy atom. The summed E-state index contributed by atoms with van der Waals surface area (Å²) < 4.78 is 46.6. The first kappa shape index (κ1) is 36.0. The first-order chi connectivity index (χ1) is 24.5. The topological polar surface area (TPSA) is 135 Å². The Balaban J connectivity index is 1.14. The van der Waals surface area contributed by atoms with Crippen LogP contribution < -0.4 is 33.2 Å². The van der Waals surface area contributed by atoms with Gasteiger partial charge in [-0.15, -0.1) is 0 Å². The van der Waals surface area contributed by atoms with Crippen LogP contribution in [0.2, 0.25) is 0 Å². The van der Waals surface area contributed by atoms with Crippen LogP contribution in [-0.2, 0) is 4.74 Å². The maximum atomic E-state index is 11.0. The third-order valence-corrected chi connectivity index (χ3v) is 9.91. The van der Waals surface area contributed by atoms with Crippen molar-refractivity contribution in [3.05, 3.63) is 95.1 Å². The molecule has 6 rings (SSSR count). The van der Waals surface area contributed by atoms with Gasteiger partial charge in [-0.1, -0.05) is 38.1 Å². The molecule has 272 valence electrons. The Hall–Kier alpha value is -4.84. The molecule has 2 aliphatic rings. The van der Waals surface area contributed by atoms with Crippen molar-refractivity contribution >= 4 is 0 Å². The lowest BCUT2D eigenvalue weighted by Gasteiger charge is -2.24. The number of phenols is 1. The van der Waals surface area contributed by atoms with Crippen molar-refractivity contribution in [2.45, 2.75) is 64.3 Å². The Labute approximate surface area is 298 Å². The molecule has 1 saturated heterocycles. The van der Waals surface area contributed by atoms with E-state index in [0.29, 0.717) is 45.6 Å². The normalized spacial score (nSPS) is 21.7. The molecule has 8 atom stereocenters. The SMILES string of the molecule is COc1cc([C@@H](O)[C@@H](C)Oc2ccc([C@H]3O[C@H](c4ccc(O[C@H](C)[C@H](O)c5ccc6c(c5)OCO6)c(OC)c4)[C@H](C)[C@H]3C)cc2OC)ccc1O. The summed E-state index contributed by atoms with van der Waals surface area (Å²) in [6.45, 7) is 8.07. The molecule has 1 fully saturated rings. The van der Waals surface area contributed by atoms with E-state index >= 15 is 0 Å². The Morgan fingerprint density at radius 2 is 1.08 bits per heavy atom. The molecule has 0 saturated carbocycles. The molecule has 0 unspecified atom stereocenters. The smallest absolute Gasteiger partial charge is 0.231 e. The van der Waals surface area contributed by atoms with Crippen LogP contribution in [0, 0.1) is 11.8 Å². The molecule has 0 radical (unpaired) electrons. The van der Waals surface area contributed by atoms with Gasteiger partial charge >= 0.3 is 0 Å². The van der Waals surface area contributed by atoms with Gasteiger partial charge in [-0.05, 0) is 96.5 Å². The number of ether oxygens (including phenoxy) is 8. The molecule has 0 amide bonds. The van der Waals surface area contributed by atoms with Crippen molar-refractivity contribution < 1.29 is 53.2 Å². The van der Waals surface area contributed by atoms with E-state index in [-0.39, 0.29) is 42.3 Å². The van der Waals surface area contributed by atoms with Gasteiger partial charge < -0.3 is 53.2 Å². The summed E-state index contributed by atoms with van der Waals surface area (Å²) in [5, 5.41) is 32.0. The molecular weight excluding hydrogens is 656 g/mol. The van der Waals surface area contributed by atoms with Gasteiger partial charge in [0.05, 0.1) is 33.5 Å². The van der Waals surface area contributed by atoms with Gasteiger partial charge in [0.1, 0.15) is 24.4 Å². The van der Waals surface area contributed by atoms with Gasteiger partial charge in [-0.3, -0.25) is 0 Å². The summed E-state index contributed by atoms with van der Waals surface area (Å²) in [6.07, 6.45) is -3.55. The predicted octanol–water partition coefficient (Wildman–Crippen LogP) is 7.23. The van der Waals surface area contributed by atoms with E-state index in [1.807, 2.05) is 36.4 Å². The zero-order valence-electron chi connectivity index (χ0n) is 29.9. The zero-order valence-corrected chi connectivity index (χ0v) is 29.9. The highest BCUT2D eigenvalue weighted by Crippen LogP contribution is 2.51. The van der Waals surface area contributed by atoms with Crippen LogP contribution in [0.25, 0.3) is 0 Å². The average molecular weight is 703 g/mol. The van der Waals surface area contributed by atoms with Gasteiger partial charge in [0.25, 0.3) is 0 Å². The highest BCUT2D eigenvalue weighted by atomic mass is 16.7. The number of methoxy groups -OCH3 is 3. The summed E-state index contributed by atoms with van der Waals surface area (Å²) in [7, 11) is 4.62. The molecule has 11 heteroatoms. The van der Waals surface area contributed by atoms with Crippen molar-refractivity contribution in [3.8, 4) is 46.0 Å². The van der Waals surface area contributed by atoms with Crippen LogP contribution in [-0.4, -0.2) is 55.6 Å². The molecular formula is C40H46O11. The summed E-state index contributed by atoms with van der Waals surface area (Å²) in [4.78, 5) is 0. The summed E-state index contributed by atoms with van der Waals surface area (Å²) in [5.41, 5.74) is 3.10. The third-order valence-electron chi connectivity index (χ3n) is 9.91. The largest absolute Gasteiger partial charge is 0.504 e. The molecule has 0 aromatic heterocycles. The molecule has 3 N–H and O–H groups in total. The number of fused-ring (bicyclic) bond motifs is 1. The summed E-state index contributed by atoms with van der Waals surface area (Å²) in [6, 6.07) is 21.5. The van der Waals surface area contributed by atoms with E-state index in [0.717, 1.165) is 11.1 Å². The molecule has 4 aromatic rings. The van der Waals surface area contributed by atoms with E-state index in [2.05, 4.69) is 13.8 Å². The van der Waals surface area contributed by atoms with E-state index < -0.39 is 24.4 Å². The molecule has 0 aliphatic carbocycles. The lowest BCUT2D eigenvalue weighted by atomic mass is 9.85. The fourth-order valence-corrected chi connectivity index (χ4v) is 6.69. The molecule has 0 bridgehead atoms. The number of hydrogen-bond acceptors (Lipinski definition) is 11. The maximum Gasteiger partial charge on any atom is 0.231 e. The minimum Gasteiger partial charge on any atom is -0.504 e. The lowest BCUT2D eigenvalue weighted by molar-refractivity contribution is 0.0281. The van der Waals surface area contributed by atoms with Crippen LogP contribution in [0.3, 0.4) is 0 Å². The quantitative estimate of drug-likeness (QED) is 0.130. The van der Waals surface area contributed by atoms with Crippen molar-refractivity contribution in [2.75, 3.05) is 28.1 Å². The van der Waals surface area contributed by atoms with Crippen LogP contribution in [0.5, 0.6) is 46.0 Å². The zero-order chi connectivity index (χ0) is 36.4. The van der Waals surface area contributed by atoms with Crippen LogP contribution >= 0.6 is 0 Å². The standard InChI is InChI=1S/C40H46O11/c1-21-22(2)40(28-11-15-32(35(19-28)46-7)50-24(4)38(43)26-9-13-30-36(17-26)48-20-47-30)51-39(21)27-10-14-31(34(18-27)45-6)49-23(3)37(42)25-8-12-29(41)33(16-25)44-5/h8-19,21-24,37-43H,20H2,1-7H3/t21-,22-,23-,24-,37+,38+,39+,40+/m1/s1.